The number of pyridine rings is 1. The Morgan fingerprint density at radius 3 is 2.88 bits per heavy atom. The van der Waals surface area contributed by atoms with Crippen LogP contribution in [0, 0.1) is 0 Å². The Morgan fingerprint density at radius 2 is 2.12 bits per heavy atom. The van der Waals surface area contributed by atoms with Gasteiger partial charge in [-0.15, -0.1) is 0 Å². The first-order chi connectivity index (χ1) is 7.90. The highest BCUT2D eigenvalue weighted by atomic mass is 16.1. The van der Waals surface area contributed by atoms with Crippen molar-refractivity contribution in [2.75, 3.05) is 0 Å². The van der Waals surface area contributed by atoms with E-state index in [1.165, 1.54) is 25.7 Å². The molecule has 3 nitrogen and oxygen atoms in total. The summed E-state index contributed by atoms with van der Waals surface area (Å²) in [6.45, 7) is 0. The van der Waals surface area contributed by atoms with Crippen LogP contribution in [-0.4, -0.2) is 15.7 Å². The molecule has 0 amide bonds. The van der Waals surface area contributed by atoms with Gasteiger partial charge in [-0.3, -0.25) is 9.20 Å². The zero-order valence-electron chi connectivity index (χ0n) is 9.10. The number of aromatic nitrogens is 2. The molecular formula is C13H14N2O. The van der Waals surface area contributed by atoms with Gasteiger partial charge in [0, 0.05) is 5.92 Å². The summed E-state index contributed by atoms with van der Waals surface area (Å²) >= 11 is 0. The van der Waals surface area contributed by atoms with Gasteiger partial charge in [-0.1, -0.05) is 18.9 Å². The molecule has 1 fully saturated rings. The average Bonchev–Trinajstić information content (AvgIpc) is 2.96. The van der Waals surface area contributed by atoms with E-state index in [0.717, 1.165) is 17.6 Å². The van der Waals surface area contributed by atoms with E-state index < -0.39 is 0 Å². The first-order valence-electron chi connectivity index (χ1n) is 5.81. The molecular weight excluding hydrogens is 200 g/mol. The van der Waals surface area contributed by atoms with Crippen molar-refractivity contribution in [3.05, 3.63) is 35.9 Å². The van der Waals surface area contributed by atoms with Gasteiger partial charge in [-0.25, -0.2) is 4.98 Å². The lowest BCUT2D eigenvalue weighted by Gasteiger charge is -2.09. The zero-order valence-corrected chi connectivity index (χ0v) is 9.10. The van der Waals surface area contributed by atoms with Crippen LogP contribution in [0.2, 0.25) is 0 Å². The Morgan fingerprint density at radius 1 is 1.31 bits per heavy atom. The predicted octanol–water partition coefficient (Wildman–Crippen LogP) is 2.80. The molecule has 0 saturated heterocycles. The van der Waals surface area contributed by atoms with Gasteiger partial charge in [-0.2, -0.15) is 0 Å². The van der Waals surface area contributed by atoms with Crippen molar-refractivity contribution in [2.24, 2.45) is 0 Å². The van der Waals surface area contributed by atoms with Gasteiger partial charge in [0.15, 0.2) is 6.29 Å². The monoisotopic (exact) mass is 214 g/mol. The Balaban J connectivity index is 2.20. The van der Waals surface area contributed by atoms with E-state index in [4.69, 9.17) is 0 Å². The number of carbonyl (C=O) groups excluding carboxylic acids is 1. The summed E-state index contributed by atoms with van der Waals surface area (Å²) in [4.78, 5) is 15.5. The van der Waals surface area contributed by atoms with E-state index >= 15 is 0 Å². The molecule has 2 aromatic heterocycles. The Labute approximate surface area is 94.1 Å². The standard InChI is InChI=1S/C13H14N2O/c16-9-12-7-3-6-11-8-14-13(15(11)12)10-4-1-2-5-10/h3,6-10H,1-2,4-5H2. The second-order valence-electron chi connectivity index (χ2n) is 4.43. The van der Waals surface area contributed by atoms with E-state index in [2.05, 4.69) is 4.98 Å². The predicted molar refractivity (Wildman–Crippen MR) is 61.8 cm³/mol. The van der Waals surface area contributed by atoms with Crippen molar-refractivity contribution >= 4 is 11.8 Å². The van der Waals surface area contributed by atoms with Crippen molar-refractivity contribution in [1.29, 1.82) is 0 Å². The molecule has 0 spiro atoms. The molecule has 0 aromatic carbocycles. The van der Waals surface area contributed by atoms with Crippen LogP contribution in [0.25, 0.3) is 5.52 Å². The van der Waals surface area contributed by atoms with Gasteiger partial charge in [-0.05, 0) is 25.0 Å². The molecule has 0 aliphatic heterocycles. The van der Waals surface area contributed by atoms with Gasteiger partial charge in [0.1, 0.15) is 5.82 Å². The second kappa shape index (κ2) is 3.74. The van der Waals surface area contributed by atoms with Crippen molar-refractivity contribution in [3.8, 4) is 0 Å². The van der Waals surface area contributed by atoms with Crippen LogP contribution in [0.5, 0.6) is 0 Å². The van der Waals surface area contributed by atoms with Gasteiger partial charge >= 0.3 is 0 Å². The number of imidazole rings is 1. The van der Waals surface area contributed by atoms with E-state index in [1.807, 2.05) is 28.8 Å². The zero-order chi connectivity index (χ0) is 11.0. The Hall–Kier alpha value is -1.64. The van der Waals surface area contributed by atoms with Crippen molar-refractivity contribution < 1.29 is 4.79 Å². The maximum absolute atomic E-state index is 11.0. The molecule has 2 heterocycles. The van der Waals surface area contributed by atoms with Crippen LogP contribution in [0.3, 0.4) is 0 Å². The van der Waals surface area contributed by atoms with Crippen molar-refractivity contribution in [3.63, 3.8) is 0 Å². The van der Waals surface area contributed by atoms with Crippen LogP contribution >= 0.6 is 0 Å². The lowest BCUT2D eigenvalue weighted by Crippen LogP contribution is -2.04. The highest BCUT2D eigenvalue weighted by Crippen LogP contribution is 2.33. The summed E-state index contributed by atoms with van der Waals surface area (Å²) < 4.78 is 2.00. The fraction of sp³-hybridized carbons (Fsp3) is 0.385. The third kappa shape index (κ3) is 1.35. The minimum absolute atomic E-state index is 0.531. The molecule has 0 N–H and O–H groups in total. The number of nitrogens with zero attached hydrogens (tertiary/aromatic N) is 2. The van der Waals surface area contributed by atoms with E-state index in [1.54, 1.807) is 0 Å². The molecule has 0 atom stereocenters. The summed E-state index contributed by atoms with van der Waals surface area (Å²) in [6, 6.07) is 5.75. The quantitative estimate of drug-likeness (QED) is 0.720. The first kappa shape index (κ1) is 9.58. The largest absolute Gasteiger partial charge is 0.296 e. The van der Waals surface area contributed by atoms with Crippen LogP contribution in [0.1, 0.15) is 47.9 Å². The van der Waals surface area contributed by atoms with Crippen LogP contribution in [0.4, 0.5) is 0 Å². The molecule has 3 heteroatoms. The summed E-state index contributed by atoms with van der Waals surface area (Å²) in [5.74, 6) is 1.60. The fourth-order valence-corrected chi connectivity index (χ4v) is 2.66. The molecule has 1 aliphatic carbocycles. The van der Waals surface area contributed by atoms with Crippen LogP contribution < -0.4 is 0 Å². The minimum atomic E-state index is 0.531. The lowest BCUT2D eigenvalue weighted by molar-refractivity contribution is 0.111. The highest BCUT2D eigenvalue weighted by molar-refractivity contribution is 5.74. The maximum atomic E-state index is 11.0. The highest BCUT2D eigenvalue weighted by Gasteiger charge is 2.22. The SMILES string of the molecule is O=Cc1cccc2cnc(C3CCCC3)n12. The summed E-state index contributed by atoms with van der Waals surface area (Å²) in [5, 5.41) is 0. The maximum Gasteiger partial charge on any atom is 0.166 e. The van der Waals surface area contributed by atoms with Gasteiger partial charge < -0.3 is 0 Å². The number of aldehydes is 1. The normalized spacial score (nSPS) is 17.0. The first-order valence-corrected chi connectivity index (χ1v) is 5.81. The number of hydrogen-bond donors (Lipinski definition) is 0. The summed E-state index contributed by atoms with van der Waals surface area (Å²) in [7, 11) is 0. The minimum Gasteiger partial charge on any atom is -0.296 e. The van der Waals surface area contributed by atoms with Crippen LogP contribution in [0.15, 0.2) is 24.4 Å². The molecule has 1 aliphatic rings. The third-order valence-electron chi connectivity index (χ3n) is 3.45. The molecule has 2 aromatic rings. The van der Waals surface area contributed by atoms with Crippen LogP contribution in [-0.2, 0) is 0 Å². The number of rotatable bonds is 2. The molecule has 16 heavy (non-hydrogen) atoms. The van der Waals surface area contributed by atoms with Gasteiger partial charge in [0.05, 0.1) is 17.4 Å². The molecule has 82 valence electrons. The third-order valence-corrected chi connectivity index (χ3v) is 3.45. The van der Waals surface area contributed by atoms with Gasteiger partial charge in [0.25, 0.3) is 0 Å². The summed E-state index contributed by atoms with van der Waals surface area (Å²) in [5.41, 5.74) is 1.73. The smallest absolute Gasteiger partial charge is 0.166 e. The second-order valence-corrected chi connectivity index (χ2v) is 4.43. The van der Waals surface area contributed by atoms with E-state index in [9.17, 15) is 4.79 Å². The fourth-order valence-electron chi connectivity index (χ4n) is 2.66. The lowest BCUT2D eigenvalue weighted by atomic mass is 10.1. The number of fused-ring (bicyclic) bond motifs is 1. The molecule has 3 rings (SSSR count). The summed E-state index contributed by atoms with van der Waals surface area (Å²) in [6.07, 6.45) is 7.73. The van der Waals surface area contributed by atoms with Gasteiger partial charge in [0.2, 0.25) is 0 Å². The number of carbonyl (C=O) groups is 1. The topological polar surface area (TPSA) is 34.4 Å². The van der Waals surface area contributed by atoms with E-state index in [-0.39, 0.29) is 0 Å². The number of hydrogen-bond acceptors (Lipinski definition) is 2. The molecule has 1 saturated carbocycles. The average molecular weight is 214 g/mol. The van der Waals surface area contributed by atoms with E-state index in [0.29, 0.717) is 11.6 Å². The molecule has 0 radical (unpaired) electrons. The van der Waals surface area contributed by atoms with Crippen molar-refractivity contribution in [2.45, 2.75) is 31.6 Å². The molecule has 0 unspecified atom stereocenters. The Kier molecular flexibility index (Phi) is 2.24. The molecule has 0 bridgehead atoms. The van der Waals surface area contributed by atoms with Crippen molar-refractivity contribution in [1.82, 2.24) is 9.38 Å². The Bertz CT molecular complexity index is 524.